The van der Waals surface area contributed by atoms with E-state index in [-0.39, 0.29) is 23.4 Å². The normalized spacial score (nSPS) is 15.2. The molecule has 1 atom stereocenters. The molecule has 3 aromatic rings. The number of nitrogens with one attached hydrogen (secondary N) is 1. The Kier molecular flexibility index (Phi) is 10.1. The SMILES string of the molecule is CCC(C(=O)NC1CCCCC1)N(Cc1ccc(Cl)c(Cl)c1)C(=O)CN(C)S(=O)(=O)c1ccc2ccccc2c1. The molecule has 1 saturated carbocycles. The number of benzene rings is 3. The Morgan fingerprint density at radius 2 is 1.65 bits per heavy atom. The van der Waals surface area contributed by atoms with Gasteiger partial charge < -0.3 is 10.2 Å². The number of fused-ring (bicyclic) bond motifs is 1. The maximum atomic E-state index is 13.8. The maximum absolute atomic E-state index is 13.8. The predicted octanol–water partition coefficient (Wildman–Crippen LogP) is 6.02. The van der Waals surface area contributed by atoms with E-state index in [2.05, 4.69) is 5.32 Å². The number of likely N-dealkylation sites (N-methyl/N-ethyl adjacent to an activating group) is 1. The van der Waals surface area contributed by atoms with Crippen molar-refractivity contribution in [3.63, 3.8) is 0 Å². The van der Waals surface area contributed by atoms with Gasteiger partial charge >= 0.3 is 0 Å². The average molecular weight is 605 g/mol. The Morgan fingerprint density at radius 3 is 2.33 bits per heavy atom. The summed E-state index contributed by atoms with van der Waals surface area (Å²) in [6.45, 7) is 1.50. The second kappa shape index (κ2) is 13.3. The number of rotatable bonds is 10. The van der Waals surface area contributed by atoms with Crippen molar-refractivity contribution in [3.8, 4) is 0 Å². The minimum Gasteiger partial charge on any atom is -0.352 e. The minimum absolute atomic E-state index is 0.0770. The van der Waals surface area contributed by atoms with Crippen LogP contribution in [0.15, 0.2) is 65.6 Å². The molecule has 1 fully saturated rings. The van der Waals surface area contributed by atoms with Crippen LogP contribution in [0.4, 0.5) is 0 Å². The summed E-state index contributed by atoms with van der Waals surface area (Å²) in [4.78, 5) is 28.8. The molecule has 7 nitrogen and oxygen atoms in total. The number of sulfonamides is 1. The smallest absolute Gasteiger partial charge is 0.243 e. The lowest BCUT2D eigenvalue weighted by molar-refractivity contribution is -0.141. The van der Waals surface area contributed by atoms with E-state index in [1.165, 1.54) is 11.9 Å². The molecule has 2 amide bonds. The quantitative estimate of drug-likeness (QED) is 0.307. The third-order valence-corrected chi connectivity index (χ3v) is 10.00. The summed E-state index contributed by atoms with van der Waals surface area (Å²) in [5.74, 6) is -0.716. The number of carbonyl (C=O) groups excluding carboxylic acids is 2. The van der Waals surface area contributed by atoms with Gasteiger partial charge in [0.15, 0.2) is 0 Å². The van der Waals surface area contributed by atoms with Crippen LogP contribution in [-0.2, 0) is 26.2 Å². The van der Waals surface area contributed by atoms with Crippen molar-refractivity contribution in [3.05, 3.63) is 76.3 Å². The lowest BCUT2D eigenvalue weighted by Gasteiger charge is -2.33. The zero-order valence-corrected chi connectivity index (χ0v) is 25.1. The van der Waals surface area contributed by atoms with E-state index in [0.717, 1.165) is 47.2 Å². The van der Waals surface area contributed by atoms with E-state index >= 15 is 0 Å². The van der Waals surface area contributed by atoms with Crippen LogP contribution in [0.1, 0.15) is 51.0 Å². The fourth-order valence-corrected chi connectivity index (χ4v) is 6.65. The van der Waals surface area contributed by atoms with Crippen LogP contribution >= 0.6 is 23.2 Å². The van der Waals surface area contributed by atoms with Crippen LogP contribution in [0.2, 0.25) is 10.0 Å². The summed E-state index contributed by atoms with van der Waals surface area (Å²) < 4.78 is 27.9. The van der Waals surface area contributed by atoms with Gasteiger partial charge in [-0.15, -0.1) is 0 Å². The molecular formula is C30H35Cl2N3O4S. The minimum atomic E-state index is -3.97. The van der Waals surface area contributed by atoms with Crippen LogP contribution < -0.4 is 5.32 Å². The van der Waals surface area contributed by atoms with Crippen molar-refractivity contribution >= 4 is 55.8 Å². The molecule has 0 aromatic heterocycles. The number of amides is 2. The monoisotopic (exact) mass is 603 g/mol. The lowest BCUT2D eigenvalue weighted by atomic mass is 9.95. The molecule has 4 rings (SSSR count). The van der Waals surface area contributed by atoms with E-state index < -0.39 is 28.5 Å². The average Bonchev–Trinajstić information content (AvgIpc) is 2.95. The summed E-state index contributed by atoms with van der Waals surface area (Å²) in [5.41, 5.74) is 0.687. The number of hydrogen-bond donors (Lipinski definition) is 1. The molecule has 1 unspecified atom stereocenters. The van der Waals surface area contributed by atoms with Crippen LogP contribution in [0, 0.1) is 0 Å². The second-order valence-electron chi connectivity index (χ2n) is 10.3. The summed E-state index contributed by atoms with van der Waals surface area (Å²) in [7, 11) is -2.60. The van der Waals surface area contributed by atoms with Crippen LogP contribution in [0.5, 0.6) is 0 Å². The Labute approximate surface area is 246 Å². The van der Waals surface area contributed by atoms with Crippen molar-refractivity contribution in [2.45, 2.75) is 69.0 Å². The highest BCUT2D eigenvalue weighted by Gasteiger charge is 2.33. The summed E-state index contributed by atoms with van der Waals surface area (Å²) >= 11 is 12.3. The van der Waals surface area contributed by atoms with Gasteiger partial charge in [0, 0.05) is 19.6 Å². The number of nitrogens with zero attached hydrogens (tertiary/aromatic N) is 2. The number of halogens is 2. The molecule has 214 valence electrons. The van der Waals surface area contributed by atoms with Crippen molar-refractivity contribution in [2.24, 2.45) is 0 Å². The molecule has 0 spiro atoms. The highest BCUT2D eigenvalue weighted by Crippen LogP contribution is 2.26. The highest BCUT2D eigenvalue weighted by molar-refractivity contribution is 7.89. The van der Waals surface area contributed by atoms with E-state index in [0.29, 0.717) is 22.0 Å². The molecule has 40 heavy (non-hydrogen) atoms. The largest absolute Gasteiger partial charge is 0.352 e. The van der Waals surface area contributed by atoms with Crippen LogP contribution in [0.25, 0.3) is 10.8 Å². The van der Waals surface area contributed by atoms with E-state index in [9.17, 15) is 18.0 Å². The molecule has 10 heteroatoms. The van der Waals surface area contributed by atoms with Crippen molar-refractivity contribution in [2.75, 3.05) is 13.6 Å². The zero-order valence-electron chi connectivity index (χ0n) is 22.8. The molecule has 3 aromatic carbocycles. The summed E-state index contributed by atoms with van der Waals surface area (Å²) in [6.07, 6.45) is 5.47. The van der Waals surface area contributed by atoms with Gasteiger partial charge in [-0.05, 0) is 59.9 Å². The maximum Gasteiger partial charge on any atom is 0.243 e. The van der Waals surface area contributed by atoms with Crippen molar-refractivity contribution < 1.29 is 18.0 Å². The molecule has 1 aliphatic rings. The van der Waals surface area contributed by atoms with Crippen LogP contribution in [0.3, 0.4) is 0 Å². The van der Waals surface area contributed by atoms with Gasteiger partial charge in [0.05, 0.1) is 21.5 Å². The predicted molar refractivity (Wildman–Crippen MR) is 160 cm³/mol. The van der Waals surface area contributed by atoms with Gasteiger partial charge in [-0.2, -0.15) is 4.31 Å². The van der Waals surface area contributed by atoms with E-state index in [4.69, 9.17) is 23.2 Å². The first-order chi connectivity index (χ1) is 19.1. The van der Waals surface area contributed by atoms with Crippen molar-refractivity contribution in [1.29, 1.82) is 0 Å². The lowest BCUT2D eigenvalue weighted by Crippen LogP contribution is -2.53. The molecular weight excluding hydrogens is 569 g/mol. The Balaban J connectivity index is 1.58. The van der Waals surface area contributed by atoms with Crippen molar-refractivity contribution in [1.82, 2.24) is 14.5 Å². The van der Waals surface area contributed by atoms with Gasteiger partial charge in [-0.3, -0.25) is 9.59 Å². The molecule has 0 radical (unpaired) electrons. The highest BCUT2D eigenvalue weighted by atomic mass is 35.5. The Hall–Kier alpha value is -2.65. The van der Waals surface area contributed by atoms with E-state index in [1.54, 1.807) is 36.4 Å². The summed E-state index contributed by atoms with van der Waals surface area (Å²) in [6, 6.07) is 16.7. The fraction of sp³-hybridized carbons (Fsp3) is 0.400. The number of carbonyl (C=O) groups is 2. The van der Waals surface area contributed by atoms with Gasteiger partial charge in [0.25, 0.3) is 0 Å². The van der Waals surface area contributed by atoms with Gasteiger partial charge in [0.1, 0.15) is 6.04 Å². The molecule has 0 bridgehead atoms. The molecule has 0 saturated heterocycles. The van der Waals surface area contributed by atoms with E-state index in [1.807, 2.05) is 31.2 Å². The van der Waals surface area contributed by atoms with Gasteiger partial charge in [-0.25, -0.2) is 8.42 Å². The van der Waals surface area contributed by atoms with Gasteiger partial charge in [0.2, 0.25) is 21.8 Å². The first kappa shape index (κ1) is 30.3. The zero-order chi connectivity index (χ0) is 28.9. The Morgan fingerprint density at radius 1 is 0.950 bits per heavy atom. The Bertz CT molecular complexity index is 1470. The molecule has 0 heterocycles. The fourth-order valence-electron chi connectivity index (χ4n) is 5.17. The second-order valence-corrected chi connectivity index (χ2v) is 13.2. The molecule has 1 aliphatic carbocycles. The van der Waals surface area contributed by atoms with Crippen LogP contribution in [-0.4, -0.2) is 55.1 Å². The first-order valence-corrected chi connectivity index (χ1v) is 15.8. The van der Waals surface area contributed by atoms with Gasteiger partial charge in [-0.1, -0.05) is 85.8 Å². The third kappa shape index (κ3) is 7.16. The third-order valence-electron chi connectivity index (χ3n) is 7.46. The molecule has 1 N–H and O–H groups in total. The first-order valence-electron chi connectivity index (χ1n) is 13.6. The number of hydrogen-bond acceptors (Lipinski definition) is 4. The topological polar surface area (TPSA) is 86.8 Å². The molecule has 0 aliphatic heterocycles. The summed E-state index contributed by atoms with van der Waals surface area (Å²) in [5, 5.41) is 5.55. The standard InChI is InChI=1S/C30H35Cl2N3O4S/c1-3-28(30(37)33-24-11-5-4-6-12-24)35(19-21-13-16-26(31)27(32)17-21)29(36)20-34(2)40(38,39)25-15-14-22-9-7-8-10-23(22)18-25/h7-10,13-18,24,28H,3-6,11-12,19-20H2,1-2H3,(H,33,37).